The molecule has 0 fully saturated rings. The van der Waals surface area contributed by atoms with Crippen LogP contribution in [0.4, 0.5) is 5.69 Å². The standard InChI is InChI=1S/C45H31Br4N3O8S4/c1-58-29-16-12-26(13-17-29)40-41(27-14-18-30(59-2)19-15-27)52-35(32-21-20-31(60-3)24-39(32)63(54,55)45(47,48)49)22-28(23-36(52)42(40)53)43(46)64(56,57)62(25-50-34-9-5-7-11-38(34)62)44-51-33-8-4-6-10-37(33)61-44/h4-25H,1-3H3. The van der Waals surface area contributed by atoms with E-state index in [4.69, 9.17) is 19.2 Å². The van der Waals surface area contributed by atoms with Gasteiger partial charge in [0.15, 0.2) is 4.34 Å². The zero-order valence-corrected chi connectivity index (χ0v) is 43.1. The molecule has 11 nitrogen and oxygen atoms in total. The van der Waals surface area contributed by atoms with Crippen LogP contribution in [0.5, 0.6) is 17.2 Å². The van der Waals surface area contributed by atoms with Crippen molar-refractivity contribution in [2.45, 2.75) is 15.6 Å². The smallest absolute Gasteiger partial charge is 0.239 e. The molecule has 326 valence electrons. The van der Waals surface area contributed by atoms with Crippen LogP contribution in [0.3, 0.4) is 0 Å². The Bertz CT molecular complexity index is 3310. The van der Waals surface area contributed by atoms with Crippen molar-refractivity contribution in [1.82, 2.24) is 9.88 Å². The summed E-state index contributed by atoms with van der Waals surface area (Å²) in [7, 11) is -7.63. The minimum Gasteiger partial charge on any atom is -0.497 e. The molecule has 19 heteroatoms. The molecule has 0 amide bonds. The number of aliphatic imine (C=N–C) groups is 1. The van der Waals surface area contributed by atoms with Gasteiger partial charge in [-0.3, -0.25) is 4.79 Å². The number of nitrogens with zero attached hydrogens (tertiary/aromatic N) is 3. The summed E-state index contributed by atoms with van der Waals surface area (Å²) >= 11 is 14.6. The number of para-hydroxylation sites is 2. The zero-order chi connectivity index (χ0) is 45.3. The Morgan fingerprint density at radius 2 is 1.33 bits per heavy atom. The molecule has 0 bridgehead atoms. The topological polar surface area (TPSA) is 142 Å². The molecule has 0 spiro atoms. The SMILES string of the molecule is COc1ccc(C2=C(c3ccc(OC)cc3)N3C(=CC(=C(Br)S(=O)(=O)S4(c5nc6ccccc6s5)C=Nc5ccccc54)C=C3c3ccc(OC)cc3S(=O)(=O)C(Br)(Br)Br)C2=O)cc1. The lowest BCUT2D eigenvalue weighted by molar-refractivity contribution is -0.110. The number of methoxy groups -OCH3 is 3. The fourth-order valence-corrected chi connectivity index (χ4v) is 21.2. The normalized spacial score (nSPS) is 19.2. The summed E-state index contributed by atoms with van der Waals surface area (Å²) in [6.07, 6.45) is 3.08. The largest absolute Gasteiger partial charge is 0.497 e. The molecule has 3 aliphatic rings. The van der Waals surface area contributed by atoms with Crippen molar-refractivity contribution in [2.24, 2.45) is 4.99 Å². The first kappa shape index (κ1) is 44.8. The molecule has 1 unspecified atom stereocenters. The predicted molar refractivity (Wildman–Crippen MR) is 269 cm³/mol. The number of rotatable bonds is 10. The Kier molecular flexibility index (Phi) is 11.8. The first-order valence-corrected chi connectivity index (χ1v) is 28.0. The number of carbonyl (C=O) groups excluding carboxylic acids is 1. The van der Waals surface area contributed by atoms with Gasteiger partial charge in [-0.05, 0) is 175 Å². The summed E-state index contributed by atoms with van der Waals surface area (Å²) in [5.41, 5.74) is 4.84. The fourth-order valence-electron chi connectivity index (χ4n) is 7.55. The number of sulfone groups is 1. The molecule has 0 N–H and O–H groups in total. The van der Waals surface area contributed by atoms with Crippen molar-refractivity contribution >= 4 is 147 Å². The number of hydrogen-bond donors (Lipinski definition) is 0. The first-order valence-electron chi connectivity index (χ1n) is 18.8. The second kappa shape index (κ2) is 16.8. The van der Waals surface area contributed by atoms with Gasteiger partial charge in [0, 0.05) is 16.0 Å². The Morgan fingerprint density at radius 1 is 0.734 bits per heavy atom. The number of benzene rings is 5. The number of fused-ring (bicyclic) bond motifs is 3. The van der Waals surface area contributed by atoms with E-state index in [2.05, 4.69) is 68.7 Å². The van der Waals surface area contributed by atoms with Crippen molar-refractivity contribution in [3.8, 4) is 17.2 Å². The van der Waals surface area contributed by atoms with Crippen molar-refractivity contribution in [3.63, 3.8) is 0 Å². The van der Waals surface area contributed by atoms with E-state index in [1.165, 1.54) is 36.1 Å². The molecule has 3 aliphatic heterocycles. The van der Waals surface area contributed by atoms with Gasteiger partial charge in [0.25, 0.3) is 0 Å². The Balaban J connectivity index is 1.37. The van der Waals surface area contributed by atoms with Gasteiger partial charge in [0.1, 0.15) is 21.1 Å². The molecule has 1 aromatic heterocycles. The number of Topliss-reactive ketones (excluding diaryl/α,β-unsaturated/α-hetero) is 1. The summed E-state index contributed by atoms with van der Waals surface area (Å²) < 4.78 is 76.3. The number of hydrogen-bond acceptors (Lipinski definition) is 12. The van der Waals surface area contributed by atoms with Crippen molar-refractivity contribution in [3.05, 3.63) is 159 Å². The maximum absolute atomic E-state index is 15.8. The quantitative estimate of drug-likeness (QED) is 0.0961. The lowest BCUT2D eigenvalue weighted by atomic mass is 9.98. The van der Waals surface area contributed by atoms with Crippen molar-refractivity contribution < 1.29 is 35.8 Å². The monoisotopic (exact) mass is 1180 g/mol. The minimum atomic E-state index is -4.53. The van der Waals surface area contributed by atoms with Gasteiger partial charge < -0.3 is 19.1 Å². The van der Waals surface area contributed by atoms with Gasteiger partial charge in [-0.25, -0.2) is 26.8 Å². The molecule has 0 aliphatic carbocycles. The molecule has 0 saturated carbocycles. The molecule has 0 saturated heterocycles. The number of ether oxygens (including phenoxy) is 3. The van der Waals surface area contributed by atoms with Crippen LogP contribution in [-0.4, -0.2) is 60.9 Å². The fraction of sp³-hybridized carbons (Fsp3) is 0.0889. The number of carbonyl (C=O) groups is 1. The van der Waals surface area contributed by atoms with E-state index in [0.29, 0.717) is 48.8 Å². The van der Waals surface area contributed by atoms with Crippen molar-refractivity contribution in [2.75, 3.05) is 21.3 Å². The molecule has 0 radical (unpaired) electrons. The lowest BCUT2D eigenvalue weighted by Crippen LogP contribution is -2.25. The van der Waals surface area contributed by atoms with Gasteiger partial charge >= 0.3 is 0 Å². The maximum Gasteiger partial charge on any atom is 0.239 e. The summed E-state index contributed by atoms with van der Waals surface area (Å²) in [5, 5.41) is 0. The number of alkyl halides is 3. The molecule has 1 atom stereocenters. The highest BCUT2D eigenvalue weighted by molar-refractivity contribution is 9.42. The van der Waals surface area contributed by atoms with Gasteiger partial charge in [-0.15, -0.1) is 11.3 Å². The van der Waals surface area contributed by atoms with Crippen LogP contribution in [0.15, 0.2) is 162 Å². The summed E-state index contributed by atoms with van der Waals surface area (Å²) in [6, 6.07) is 33.1. The zero-order valence-electron chi connectivity index (χ0n) is 33.5. The molecule has 64 heavy (non-hydrogen) atoms. The maximum atomic E-state index is 15.8. The summed E-state index contributed by atoms with van der Waals surface area (Å²) in [4.78, 5) is 26.8. The molecule has 9 rings (SSSR count). The average molecular weight is 1190 g/mol. The van der Waals surface area contributed by atoms with E-state index in [1.807, 2.05) is 24.3 Å². The van der Waals surface area contributed by atoms with Crippen LogP contribution >= 0.6 is 84.1 Å². The number of ketones is 1. The highest BCUT2D eigenvalue weighted by Gasteiger charge is 2.51. The van der Waals surface area contributed by atoms with Gasteiger partial charge in [0.2, 0.25) is 26.0 Å². The Hall–Kier alpha value is -4.34. The summed E-state index contributed by atoms with van der Waals surface area (Å²) in [6.45, 7) is 0. The van der Waals surface area contributed by atoms with Gasteiger partial charge in [-0.1, -0.05) is 36.4 Å². The van der Waals surface area contributed by atoms with E-state index >= 15 is 13.2 Å². The van der Waals surface area contributed by atoms with Crippen LogP contribution in [0.1, 0.15) is 16.7 Å². The number of allylic oxidation sites excluding steroid dienone is 4. The molecule has 5 aromatic carbocycles. The second-order valence-corrected chi connectivity index (χ2v) is 33.6. The summed E-state index contributed by atoms with van der Waals surface area (Å²) in [5.74, 6) is 0.910. The molecular formula is C45H31Br4N3O8S4. The first-order chi connectivity index (χ1) is 30.5. The Labute approximate surface area is 407 Å². The third-order valence-corrected chi connectivity index (χ3v) is 27.8. The van der Waals surface area contributed by atoms with Crippen LogP contribution in [-0.2, 0) is 23.5 Å². The molecular weight excluding hydrogens is 1160 g/mol. The van der Waals surface area contributed by atoms with E-state index in [0.717, 1.165) is 4.70 Å². The van der Waals surface area contributed by atoms with Crippen LogP contribution in [0.2, 0.25) is 0 Å². The van der Waals surface area contributed by atoms with Crippen LogP contribution in [0, 0.1) is 0 Å². The van der Waals surface area contributed by atoms with E-state index in [-0.39, 0.29) is 42.6 Å². The highest BCUT2D eigenvalue weighted by atomic mass is 80.0. The number of halogens is 4. The average Bonchev–Trinajstić information content (AvgIpc) is 4.01. The van der Waals surface area contributed by atoms with Crippen LogP contribution in [0.25, 0.3) is 27.2 Å². The second-order valence-electron chi connectivity index (χ2n) is 14.1. The van der Waals surface area contributed by atoms with E-state index in [9.17, 15) is 8.42 Å². The lowest BCUT2D eigenvalue weighted by Gasteiger charge is -2.33. The highest BCUT2D eigenvalue weighted by Crippen LogP contribution is 2.73. The number of aromatic nitrogens is 1. The third kappa shape index (κ3) is 7.17. The Morgan fingerprint density at radius 3 is 1.97 bits per heavy atom. The molecule has 6 aromatic rings. The van der Waals surface area contributed by atoms with Gasteiger partial charge in [-0.2, -0.15) is 0 Å². The van der Waals surface area contributed by atoms with Crippen LogP contribution < -0.4 is 14.2 Å². The van der Waals surface area contributed by atoms with Gasteiger partial charge in [0.05, 0.1) is 70.3 Å². The van der Waals surface area contributed by atoms with Crippen molar-refractivity contribution in [1.29, 1.82) is 0 Å². The molecule has 4 heterocycles. The number of thiazole rings is 1. The minimum absolute atomic E-state index is 0.0581. The predicted octanol–water partition coefficient (Wildman–Crippen LogP) is 12.1. The van der Waals surface area contributed by atoms with E-state index in [1.54, 1.807) is 110 Å². The van der Waals surface area contributed by atoms with E-state index < -0.39 is 35.0 Å². The third-order valence-electron chi connectivity index (χ3n) is 10.6.